The summed E-state index contributed by atoms with van der Waals surface area (Å²) < 4.78 is 10.6. The molecular weight excluding hydrogens is 334 g/mol. The molecule has 0 radical (unpaired) electrons. The van der Waals surface area contributed by atoms with Gasteiger partial charge in [0.25, 0.3) is 0 Å². The van der Waals surface area contributed by atoms with Crippen molar-refractivity contribution in [3.05, 3.63) is 62.1 Å². The topological polar surface area (TPSA) is 43.9 Å². The van der Waals surface area contributed by atoms with Crippen LogP contribution in [-0.4, -0.2) is 13.7 Å². The van der Waals surface area contributed by atoms with Crippen LogP contribution in [0.1, 0.15) is 35.4 Å². The summed E-state index contributed by atoms with van der Waals surface area (Å²) in [7, 11) is 1.62. The van der Waals surface area contributed by atoms with Crippen molar-refractivity contribution in [1.29, 1.82) is 0 Å². The summed E-state index contributed by atoms with van der Waals surface area (Å²) in [5, 5.41) is 3.20. The molecule has 0 fully saturated rings. The second kappa shape index (κ2) is 6.65. The van der Waals surface area contributed by atoms with Gasteiger partial charge in [0.05, 0.1) is 13.7 Å². The van der Waals surface area contributed by atoms with Gasteiger partial charge in [-0.2, -0.15) is 0 Å². The fourth-order valence-corrected chi connectivity index (χ4v) is 4.93. The zero-order valence-corrected chi connectivity index (χ0v) is 15.3. The molecule has 3 heterocycles. The van der Waals surface area contributed by atoms with Crippen LogP contribution < -0.4 is 15.3 Å². The minimum atomic E-state index is -0.295. The summed E-state index contributed by atoms with van der Waals surface area (Å²) in [5.41, 5.74) is 2.85. The molecule has 0 aliphatic carbocycles. The van der Waals surface area contributed by atoms with Crippen molar-refractivity contribution in [2.75, 3.05) is 13.7 Å². The largest absolute Gasteiger partial charge is 0.497 e. The third-order valence-electron chi connectivity index (χ3n) is 5.18. The Hall–Kier alpha value is -2.11. The van der Waals surface area contributed by atoms with E-state index >= 15 is 0 Å². The fraction of sp³-hybridized carbons (Fsp3) is 0.350. The molecule has 5 heteroatoms. The maximum absolute atomic E-state index is 12.0. The molecule has 4 rings (SSSR count). The van der Waals surface area contributed by atoms with E-state index in [0.29, 0.717) is 17.4 Å². The lowest BCUT2D eigenvalue weighted by Gasteiger charge is -2.32. The van der Waals surface area contributed by atoms with Crippen molar-refractivity contribution < 1.29 is 14.1 Å². The molecule has 0 saturated carbocycles. The number of benzene rings is 1. The Kier molecular flexibility index (Phi) is 4.36. The molecule has 1 aliphatic heterocycles. The number of rotatable bonds is 4. The monoisotopic (exact) mass is 356 g/mol. The Bertz CT molecular complexity index is 959. The van der Waals surface area contributed by atoms with Gasteiger partial charge in [-0.3, -0.25) is 0 Å². The predicted octanol–water partition coefficient (Wildman–Crippen LogP) is 2.96. The highest BCUT2D eigenvalue weighted by atomic mass is 32.1. The third kappa shape index (κ3) is 2.98. The van der Waals surface area contributed by atoms with Gasteiger partial charge < -0.3 is 14.1 Å². The molecule has 1 unspecified atom stereocenters. The van der Waals surface area contributed by atoms with Crippen molar-refractivity contribution >= 4 is 22.3 Å². The number of nitrogens with one attached hydrogen (secondary N) is 1. The molecular formula is C20H22NO3S+. The number of methoxy groups -OCH3 is 1. The summed E-state index contributed by atoms with van der Waals surface area (Å²) in [5.74, 6) is 0.701. The molecule has 1 aromatic carbocycles. The second-order valence-electron chi connectivity index (χ2n) is 6.55. The highest BCUT2D eigenvalue weighted by molar-refractivity contribution is 7.10. The van der Waals surface area contributed by atoms with Crippen molar-refractivity contribution in [3.63, 3.8) is 0 Å². The van der Waals surface area contributed by atoms with E-state index in [2.05, 4.69) is 18.4 Å². The van der Waals surface area contributed by atoms with Gasteiger partial charge in [-0.1, -0.05) is 6.92 Å². The number of hydrogen-bond acceptors (Lipinski definition) is 4. The van der Waals surface area contributed by atoms with E-state index in [0.717, 1.165) is 36.9 Å². The lowest BCUT2D eigenvalue weighted by Crippen LogP contribution is -3.12. The second-order valence-corrected chi connectivity index (χ2v) is 7.55. The molecule has 2 atom stereocenters. The van der Waals surface area contributed by atoms with Gasteiger partial charge in [-0.05, 0) is 23.6 Å². The van der Waals surface area contributed by atoms with Crippen molar-refractivity contribution in [2.45, 2.75) is 32.4 Å². The number of thiophene rings is 1. The van der Waals surface area contributed by atoms with Crippen LogP contribution in [0.4, 0.5) is 0 Å². The maximum atomic E-state index is 12.0. The van der Waals surface area contributed by atoms with E-state index in [4.69, 9.17) is 9.15 Å². The van der Waals surface area contributed by atoms with Gasteiger partial charge in [0.1, 0.15) is 23.9 Å². The standard InChI is InChI=1S/C20H21NO3S/c1-3-17-16-7-9-25-19(16)6-8-21(17)12-13-10-20(22)24-18-11-14(23-2)4-5-15(13)18/h4-5,7,9-11,17H,3,6,8,12H2,1-2H3/p+1/t17-/m1/s1. The molecule has 0 saturated heterocycles. The molecule has 0 spiro atoms. The molecule has 4 nitrogen and oxygen atoms in total. The minimum Gasteiger partial charge on any atom is -0.497 e. The van der Waals surface area contributed by atoms with Crippen LogP contribution in [0, 0.1) is 0 Å². The summed E-state index contributed by atoms with van der Waals surface area (Å²) >= 11 is 1.87. The predicted molar refractivity (Wildman–Crippen MR) is 99.6 cm³/mol. The molecule has 1 N–H and O–H groups in total. The first-order chi connectivity index (χ1) is 12.2. The molecule has 0 amide bonds. The number of hydrogen-bond donors (Lipinski definition) is 1. The summed E-state index contributed by atoms with van der Waals surface area (Å²) in [6, 6.07) is 10.1. The van der Waals surface area contributed by atoms with Crippen molar-refractivity contribution in [2.24, 2.45) is 0 Å². The first kappa shape index (κ1) is 16.4. The Morgan fingerprint density at radius 3 is 3.00 bits per heavy atom. The summed E-state index contributed by atoms with van der Waals surface area (Å²) in [4.78, 5) is 15.1. The Balaban J connectivity index is 1.72. The van der Waals surface area contributed by atoms with Crippen LogP contribution in [0.5, 0.6) is 5.75 Å². The lowest BCUT2D eigenvalue weighted by molar-refractivity contribution is -0.947. The molecule has 2 aromatic heterocycles. The van der Waals surface area contributed by atoms with Gasteiger partial charge in [-0.25, -0.2) is 4.79 Å². The number of ether oxygens (including phenoxy) is 1. The van der Waals surface area contributed by atoms with Crippen LogP contribution in [0.3, 0.4) is 0 Å². The van der Waals surface area contributed by atoms with Crippen LogP contribution in [0.15, 0.2) is 44.9 Å². The molecule has 1 aliphatic rings. The lowest BCUT2D eigenvalue weighted by atomic mass is 9.96. The van der Waals surface area contributed by atoms with E-state index in [1.165, 1.54) is 15.3 Å². The van der Waals surface area contributed by atoms with Crippen molar-refractivity contribution in [3.8, 4) is 5.75 Å². The van der Waals surface area contributed by atoms with Crippen LogP contribution in [-0.2, 0) is 13.0 Å². The van der Waals surface area contributed by atoms with E-state index in [1.54, 1.807) is 19.2 Å². The maximum Gasteiger partial charge on any atom is 0.336 e. The van der Waals surface area contributed by atoms with E-state index in [-0.39, 0.29) is 5.63 Å². The zero-order valence-electron chi connectivity index (χ0n) is 14.5. The smallest absolute Gasteiger partial charge is 0.336 e. The highest BCUT2D eigenvalue weighted by Gasteiger charge is 2.31. The van der Waals surface area contributed by atoms with Gasteiger partial charge in [-0.15, -0.1) is 11.3 Å². The van der Waals surface area contributed by atoms with Gasteiger partial charge in [0.2, 0.25) is 0 Å². The number of quaternary nitrogens is 1. The normalized spacial score (nSPS) is 19.8. The van der Waals surface area contributed by atoms with Gasteiger partial charge in [0.15, 0.2) is 0 Å². The Morgan fingerprint density at radius 1 is 1.32 bits per heavy atom. The average molecular weight is 356 g/mol. The van der Waals surface area contributed by atoms with Crippen LogP contribution in [0.25, 0.3) is 11.0 Å². The van der Waals surface area contributed by atoms with Crippen LogP contribution in [0.2, 0.25) is 0 Å². The molecule has 3 aromatic rings. The molecule has 0 bridgehead atoms. The minimum absolute atomic E-state index is 0.295. The first-order valence-electron chi connectivity index (χ1n) is 8.71. The number of fused-ring (bicyclic) bond motifs is 2. The Labute approximate surface area is 150 Å². The Morgan fingerprint density at radius 2 is 2.20 bits per heavy atom. The SMILES string of the molecule is CC[C@@H]1c2ccsc2CC[NH+]1Cc1cc(=O)oc2cc(OC)ccc12. The van der Waals surface area contributed by atoms with Gasteiger partial charge >= 0.3 is 5.63 Å². The van der Waals surface area contributed by atoms with Crippen molar-refractivity contribution in [1.82, 2.24) is 0 Å². The van der Waals surface area contributed by atoms with E-state index in [9.17, 15) is 4.79 Å². The first-order valence-corrected chi connectivity index (χ1v) is 9.59. The fourth-order valence-electron chi connectivity index (χ4n) is 3.98. The van der Waals surface area contributed by atoms with E-state index < -0.39 is 0 Å². The zero-order chi connectivity index (χ0) is 17.4. The van der Waals surface area contributed by atoms with Crippen LogP contribution >= 0.6 is 11.3 Å². The summed E-state index contributed by atoms with van der Waals surface area (Å²) in [6.07, 6.45) is 2.22. The quantitative estimate of drug-likeness (QED) is 0.731. The third-order valence-corrected chi connectivity index (χ3v) is 6.18. The highest BCUT2D eigenvalue weighted by Crippen LogP contribution is 2.28. The average Bonchev–Trinajstić information content (AvgIpc) is 3.09. The molecule has 130 valence electrons. The van der Waals surface area contributed by atoms with E-state index in [1.807, 2.05) is 23.5 Å². The van der Waals surface area contributed by atoms with Gasteiger partial charge in [0, 0.05) is 46.4 Å². The summed E-state index contributed by atoms with van der Waals surface area (Å²) in [6.45, 7) is 4.19. The molecule has 25 heavy (non-hydrogen) atoms.